The summed E-state index contributed by atoms with van der Waals surface area (Å²) in [5.74, 6) is 0.758. The van der Waals surface area contributed by atoms with Gasteiger partial charge >= 0.3 is 0 Å². The van der Waals surface area contributed by atoms with Gasteiger partial charge < -0.3 is 14.4 Å². The van der Waals surface area contributed by atoms with Crippen LogP contribution in [0.1, 0.15) is 11.1 Å². The van der Waals surface area contributed by atoms with Gasteiger partial charge in [-0.1, -0.05) is 28.1 Å². The molecule has 5 heteroatoms. The molecule has 0 N–H and O–H groups in total. The smallest absolute Gasteiger partial charge is 0.128 e. The monoisotopic (exact) mass is 398 g/mol. The maximum absolute atomic E-state index is 9.54. The normalized spacial score (nSPS) is 14.9. The topological polar surface area (TPSA) is 45.5 Å². The number of nitrogens with zero attached hydrogens (tertiary/aromatic N) is 2. The minimum atomic E-state index is 0.602. The summed E-state index contributed by atoms with van der Waals surface area (Å²) >= 11 is 3.42. The van der Waals surface area contributed by atoms with Gasteiger partial charge in [-0.2, -0.15) is 5.26 Å². The third-order valence-electron chi connectivity index (χ3n) is 4.17. The first-order chi connectivity index (χ1) is 12.2. The van der Waals surface area contributed by atoms with E-state index in [1.165, 1.54) is 0 Å². The molecule has 0 unspecified atom stereocenters. The van der Waals surface area contributed by atoms with Crippen LogP contribution in [0.5, 0.6) is 5.75 Å². The second kappa shape index (κ2) is 8.19. The molecule has 0 bridgehead atoms. The highest BCUT2D eigenvalue weighted by Gasteiger charge is 2.13. The van der Waals surface area contributed by atoms with E-state index in [1.807, 2.05) is 42.5 Å². The Morgan fingerprint density at radius 2 is 1.92 bits per heavy atom. The van der Waals surface area contributed by atoms with E-state index in [2.05, 4.69) is 33.0 Å². The minimum absolute atomic E-state index is 0.602. The van der Waals surface area contributed by atoms with Crippen molar-refractivity contribution in [2.75, 3.05) is 38.3 Å². The predicted molar refractivity (Wildman–Crippen MR) is 104 cm³/mol. The Balaban J connectivity index is 1.92. The number of ether oxygens (including phenoxy) is 2. The molecule has 4 nitrogen and oxygen atoms in total. The number of benzene rings is 2. The van der Waals surface area contributed by atoms with Crippen LogP contribution in [0.25, 0.3) is 11.6 Å². The van der Waals surface area contributed by atoms with Crippen LogP contribution in [0.4, 0.5) is 5.69 Å². The zero-order valence-electron chi connectivity index (χ0n) is 14.0. The molecule has 1 saturated heterocycles. The highest BCUT2D eigenvalue weighted by Crippen LogP contribution is 2.30. The molecule has 128 valence electrons. The van der Waals surface area contributed by atoms with Crippen LogP contribution in [0.3, 0.4) is 0 Å². The van der Waals surface area contributed by atoms with Crippen LogP contribution >= 0.6 is 15.9 Å². The molecule has 0 aliphatic carbocycles. The van der Waals surface area contributed by atoms with E-state index >= 15 is 0 Å². The van der Waals surface area contributed by atoms with Gasteiger partial charge in [0.15, 0.2) is 0 Å². The van der Waals surface area contributed by atoms with Crippen molar-refractivity contribution < 1.29 is 9.47 Å². The number of anilines is 1. The third-order valence-corrected chi connectivity index (χ3v) is 4.70. The molecular weight excluding hydrogens is 380 g/mol. The van der Waals surface area contributed by atoms with Gasteiger partial charge in [0.05, 0.1) is 32.0 Å². The molecule has 2 aromatic carbocycles. The van der Waals surface area contributed by atoms with Crippen LogP contribution in [0, 0.1) is 11.3 Å². The summed E-state index contributed by atoms with van der Waals surface area (Å²) in [6.45, 7) is 3.24. The Bertz CT molecular complexity index is 803. The summed E-state index contributed by atoms with van der Waals surface area (Å²) in [5, 5.41) is 9.54. The van der Waals surface area contributed by atoms with Gasteiger partial charge in [0.25, 0.3) is 0 Å². The number of rotatable bonds is 4. The number of nitriles is 1. The Hall–Kier alpha value is -2.29. The Kier molecular flexibility index (Phi) is 5.75. The second-order valence-corrected chi connectivity index (χ2v) is 6.62. The average Bonchev–Trinajstić information content (AvgIpc) is 2.67. The molecule has 0 saturated carbocycles. The molecule has 2 aromatic rings. The number of morpholine rings is 1. The van der Waals surface area contributed by atoms with Crippen molar-refractivity contribution in [3.8, 4) is 11.8 Å². The van der Waals surface area contributed by atoms with Crippen LogP contribution in [0.15, 0.2) is 46.9 Å². The first kappa shape index (κ1) is 17.5. The van der Waals surface area contributed by atoms with Crippen molar-refractivity contribution in [1.82, 2.24) is 0 Å². The fourth-order valence-electron chi connectivity index (χ4n) is 2.80. The van der Waals surface area contributed by atoms with Crippen molar-refractivity contribution in [2.45, 2.75) is 0 Å². The number of hydrogen-bond acceptors (Lipinski definition) is 4. The van der Waals surface area contributed by atoms with Gasteiger partial charge in [-0.15, -0.1) is 0 Å². The first-order valence-corrected chi connectivity index (χ1v) is 8.89. The SMILES string of the molecule is COc1cc(N2CCOCC2)ccc1/C=C(/C#N)c1ccc(Br)cc1. The van der Waals surface area contributed by atoms with E-state index in [0.717, 1.165) is 53.3 Å². The maximum Gasteiger partial charge on any atom is 0.128 e. The van der Waals surface area contributed by atoms with Gasteiger partial charge in [-0.3, -0.25) is 0 Å². The minimum Gasteiger partial charge on any atom is -0.496 e. The van der Waals surface area contributed by atoms with Crippen LogP contribution < -0.4 is 9.64 Å². The van der Waals surface area contributed by atoms with E-state index < -0.39 is 0 Å². The maximum atomic E-state index is 9.54. The standard InChI is InChI=1S/C20H19BrN2O2/c1-24-20-13-19(23-8-10-25-11-9-23)7-4-16(20)12-17(14-22)15-2-5-18(21)6-3-15/h2-7,12-13H,8-11H2,1H3/b17-12-. The molecule has 25 heavy (non-hydrogen) atoms. The summed E-state index contributed by atoms with van der Waals surface area (Å²) in [4.78, 5) is 2.28. The Morgan fingerprint density at radius 1 is 1.20 bits per heavy atom. The molecule has 3 rings (SSSR count). The molecule has 1 aliphatic heterocycles. The molecule has 0 amide bonds. The Morgan fingerprint density at radius 3 is 2.56 bits per heavy atom. The lowest BCUT2D eigenvalue weighted by Crippen LogP contribution is -2.36. The van der Waals surface area contributed by atoms with Crippen LogP contribution in [-0.4, -0.2) is 33.4 Å². The van der Waals surface area contributed by atoms with E-state index in [1.54, 1.807) is 7.11 Å². The van der Waals surface area contributed by atoms with E-state index in [-0.39, 0.29) is 0 Å². The fraction of sp³-hybridized carbons (Fsp3) is 0.250. The Labute approximate surface area is 156 Å². The molecule has 1 heterocycles. The van der Waals surface area contributed by atoms with Gasteiger partial charge in [0.2, 0.25) is 0 Å². The van der Waals surface area contributed by atoms with Gasteiger partial charge in [-0.05, 0) is 35.9 Å². The first-order valence-electron chi connectivity index (χ1n) is 8.10. The van der Waals surface area contributed by atoms with E-state index in [9.17, 15) is 5.26 Å². The highest BCUT2D eigenvalue weighted by atomic mass is 79.9. The summed E-state index contributed by atoms with van der Waals surface area (Å²) in [6.07, 6.45) is 1.87. The quantitative estimate of drug-likeness (QED) is 0.566. The van der Waals surface area contributed by atoms with Gasteiger partial charge in [-0.25, -0.2) is 0 Å². The molecule has 0 radical (unpaired) electrons. The number of allylic oxidation sites excluding steroid dienone is 1. The lowest BCUT2D eigenvalue weighted by molar-refractivity contribution is 0.122. The average molecular weight is 399 g/mol. The highest BCUT2D eigenvalue weighted by molar-refractivity contribution is 9.10. The lowest BCUT2D eigenvalue weighted by Gasteiger charge is -2.29. The van der Waals surface area contributed by atoms with Crippen molar-refractivity contribution in [1.29, 1.82) is 5.26 Å². The molecule has 0 aromatic heterocycles. The third kappa shape index (κ3) is 4.22. The van der Waals surface area contributed by atoms with Crippen LogP contribution in [-0.2, 0) is 4.74 Å². The van der Waals surface area contributed by atoms with Crippen molar-refractivity contribution in [2.24, 2.45) is 0 Å². The lowest BCUT2D eigenvalue weighted by atomic mass is 10.0. The van der Waals surface area contributed by atoms with Crippen LogP contribution in [0.2, 0.25) is 0 Å². The van der Waals surface area contributed by atoms with E-state index in [0.29, 0.717) is 5.57 Å². The number of halogens is 1. The van der Waals surface area contributed by atoms with Crippen molar-refractivity contribution in [3.63, 3.8) is 0 Å². The molecule has 1 fully saturated rings. The number of hydrogen-bond donors (Lipinski definition) is 0. The zero-order chi connectivity index (χ0) is 17.6. The molecule has 1 aliphatic rings. The van der Waals surface area contributed by atoms with E-state index in [4.69, 9.17) is 9.47 Å². The summed E-state index contributed by atoms with van der Waals surface area (Å²) in [7, 11) is 1.65. The predicted octanol–water partition coefficient (Wildman–Crippen LogP) is 4.36. The molecule has 0 spiro atoms. The largest absolute Gasteiger partial charge is 0.496 e. The number of methoxy groups -OCH3 is 1. The second-order valence-electron chi connectivity index (χ2n) is 5.70. The molecule has 0 atom stereocenters. The van der Waals surface area contributed by atoms with Crippen molar-refractivity contribution >= 4 is 33.3 Å². The van der Waals surface area contributed by atoms with Gasteiger partial charge in [0.1, 0.15) is 5.75 Å². The van der Waals surface area contributed by atoms with Gasteiger partial charge in [0, 0.05) is 34.9 Å². The molecular formula is C20H19BrN2O2. The summed E-state index contributed by atoms with van der Waals surface area (Å²) in [6, 6.07) is 16.1. The zero-order valence-corrected chi connectivity index (χ0v) is 15.6. The fourth-order valence-corrected chi connectivity index (χ4v) is 3.07. The van der Waals surface area contributed by atoms with Crippen molar-refractivity contribution in [3.05, 3.63) is 58.1 Å². The summed E-state index contributed by atoms with van der Waals surface area (Å²) < 4.78 is 11.9. The summed E-state index contributed by atoms with van der Waals surface area (Å²) in [5.41, 5.74) is 3.48.